The molecule has 10 nitrogen and oxygen atoms in total. The molecule has 0 spiro atoms. The molecule has 0 aliphatic rings. The molecule has 0 amide bonds. The van der Waals surface area contributed by atoms with Crippen molar-refractivity contribution in [2.45, 2.75) is 19.4 Å². The molecule has 0 bridgehead atoms. The van der Waals surface area contributed by atoms with Gasteiger partial charge in [0.05, 0.1) is 19.6 Å². The lowest BCUT2D eigenvalue weighted by atomic mass is 10.2. The maximum atomic E-state index is 11.8. The van der Waals surface area contributed by atoms with Crippen molar-refractivity contribution in [1.29, 1.82) is 0 Å². The zero-order valence-electron chi connectivity index (χ0n) is 16.0. The van der Waals surface area contributed by atoms with E-state index in [1.807, 2.05) is 30.3 Å². The van der Waals surface area contributed by atoms with Gasteiger partial charge in [-0.1, -0.05) is 30.3 Å². The van der Waals surface area contributed by atoms with Crippen molar-refractivity contribution in [3.8, 4) is 0 Å². The molecule has 0 saturated heterocycles. The van der Waals surface area contributed by atoms with E-state index in [9.17, 15) is 19.2 Å². The third-order valence-electron chi connectivity index (χ3n) is 3.91. The minimum absolute atomic E-state index is 0.0737. The van der Waals surface area contributed by atoms with E-state index in [1.165, 1.54) is 9.80 Å². The number of carbonyl (C=O) groups excluding carboxylic acids is 1. The fourth-order valence-corrected chi connectivity index (χ4v) is 2.60. The lowest BCUT2D eigenvalue weighted by Gasteiger charge is -2.24. The maximum absolute atomic E-state index is 11.8. The fourth-order valence-electron chi connectivity index (χ4n) is 2.60. The maximum Gasteiger partial charge on any atom is 0.317 e. The first kappa shape index (κ1) is 24.1. The third kappa shape index (κ3) is 12.2. The van der Waals surface area contributed by atoms with E-state index in [2.05, 4.69) is 0 Å². The molecule has 1 aromatic carbocycles. The highest BCUT2D eigenvalue weighted by molar-refractivity contribution is 5.72. The predicted octanol–water partition coefficient (Wildman–Crippen LogP) is 0.368. The van der Waals surface area contributed by atoms with Crippen LogP contribution in [-0.4, -0.2) is 88.3 Å². The summed E-state index contributed by atoms with van der Waals surface area (Å²) in [7, 11) is 0. The highest BCUT2D eigenvalue weighted by atomic mass is 16.5. The van der Waals surface area contributed by atoms with E-state index >= 15 is 0 Å². The normalized spacial score (nSPS) is 10.8. The van der Waals surface area contributed by atoms with Crippen molar-refractivity contribution in [2.24, 2.45) is 0 Å². The van der Waals surface area contributed by atoms with Gasteiger partial charge in [0.1, 0.15) is 6.61 Å². The van der Waals surface area contributed by atoms with Crippen molar-refractivity contribution in [2.75, 3.05) is 39.3 Å². The van der Waals surface area contributed by atoms with Crippen LogP contribution in [-0.2, 0) is 30.5 Å². The Labute approximate surface area is 168 Å². The van der Waals surface area contributed by atoms with Gasteiger partial charge in [0.2, 0.25) is 0 Å². The Kier molecular flexibility index (Phi) is 11.0. The molecule has 1 aromatic rings. The number of ether oxygens (including phenoxy) is 1. The summed E-state index contributed by atoms with van der Waals surface area (Å²) in [6, 6.07) is 9.20. The highest BCUT2D eigenvalue weighted by Gasteiger charge is 2.17. The Hall–Kier alpha value is -2.98. The number of carbonyl (C=O) groups is 4. The minimum Gasteiger partial charge on any atom is -0.480 e. The van der Waals surface area contributed by atoms with E-state index in [4.69, 9.17) is 20.1 Å². The second kappa shape index (κ2) is 13.2. The first-order valence-corrected chi connectivity index (χ1v) is 9.06. The van der Waals surface area contributed by atoms with E-state index in [1.54, 1.807) is 0 Å². The second-order valence-corrected chi connectivity index (χ2v) is 6.42. The summed E-state index contributed by atoms with van der Waals surface area (Å²) in [6.45, 7) is -0.542. The number of benzene rings is 1. The molecule has 160 valence electrons. The Morgan fingerprint density at radius 1 is 0.759 bits per heavy atom. The van der Waals surface area contributed by atoms with Gasteiger partial charge < -0.3 is 20.1 Å². The van der Waals surface area contributed by atoms with Gasteiger partial charge in [0.25, 0.3) is 0 Å². The number of hydrogen-bond acceptors (Lipinski definition) is 7. The van der Waals surface area contributed by atoms with Crippen LogP contribution in [0.4, 0.5) is 0 Å². The van der Waals surface area contributed by atoms with Gasteiger partial charge in [0, 0.05) is 19.5 Å². The first-order valence-electron chi connectivity index (χ1n) is 9.06. The van der Waals surface area contributed by atoms with E-state index in [0.29, 0.717) is 6.42 Å². The molecular formula is C19H26N2O8. The van der Waals surface area contributed by atoms with Gasteiger partial charge in [0.15, 0.2) is 0 Å². The van der Waals surface area contributed by atoms with Crippen molar-refractivity contribution in [1.82, 2.24) is 9.80 Å². The quantitative estimate of drug-likeness (QED) is 0.347. The van der Waals surface area contributed by atoms with Crippen molar-refractivity contribution in [3.05, 3.63) is 35.9 Å². The number of nitrogens with zero attached hydrogens (tertiary/aromatic N) is 2. The Morgan fingerprint density at radius 2 is 1.28 bits per heavy atom. The highest BCUT2D eigenvalue weighted by Crippen LogP contribution is 2.04. The van der Waals surface area contributed by atoms with Crippen molar-refractivity contribution in [3.63, 3.8) is 0 Å². The van der Waals surface area contributed by atoms with Crippen LogP contribution < -0.4 is 0 Å². The molecule has 0 heterocycles. The Balaban J connectivity index is 2.42. The largest absolute Gasteiger partial charge is 0.480 e. The SMILES string of the molecule is O=C(O)CN(CCCC(=O)OCc1ccccc1)CCN(CC(=O)O)CC(=O)O. The van der Waals surface area contributed by atoms with Crippen LogP contribution in [0.5, 0.6) is 0 Å². The standard InChI is InChI=1S/C19H26N2O8/c22-16(23)11-20(9-10-21(12-17(24)25)13-18(26)27)8-4-7-19(28)29-14-15-5-2-1-3-6-15/h1-3,5-6H,4,7-14H2,(H,22,23)(H,24,25)(H,26,27). The predicted molar refractivity (Wildman–Crippen MR) is 101 cm³/mol. The Bertz CT molecular complexity index is 664. The number of hydrogen-bond donors (Lipinski definition) is 3. The topological polar surface area (TPSA) is 145 Å². The van der Waals surface area contributed by atoms with Gasteiger partial charge in [-0.15, -0.1) is 0 Å². The van der Waals surface area contributed by atoms with Crippen LogP contribution in [0.25, 0.3) is 0 Å². The van der Waals surface area contributed by atoms with Crippen LogP contribution in [0.3, 0.4) is 0 Å². The van der Waals surface area contributed by atoms with E-state index < -0.39 is 37.0 Å². The zero-order chi connectivity index (χ0) is 21.6. The summed E-state index contributed by atoms with van der Waals surface area (Å²) < 4.78 is 5.16. The summed E-state index contributed by atoms with van der Waals surface area (Å²) >= 11 is 0. The zero-order valence-corrected chi connectivity index (χ0v) is 16.0. The molecule has 0 unspecified atom stereocenters. The molecule has 1 rings (SSSR count). The second-order valence-electron chi connectivity index (χ2n) is 6.42. The molecule has 0 aliphatic heterocycles. The summed E-state index contributed by atoms with van der Waals surface area (Å²) in [5, 5.41) is 26.7. The molecule has 29 heavy (non-hydrogen) atoms. The van der Waals surface area contributed by atoms with Gasteiger partial charge in [-0.3, -0.25) is 29.0 Å². The summed E-state index contributed by atoms with van der Waals surface area (Å²) in [4.78, 5) is 47.3. The molecule has 0 saturated carbocycles. The van der Waals surface area contributed by atoms with Crippen LogP contribution in [0.1, 0.15) is 18.4 Å². The van der Waals surface area contributed by atoms with Crippen LogP contribution in [0, 0.1) is 0 Å². The minimum atomic E-state index is -1.17. The molecule has 0 aromatic heterocycles. The van der Waals surface area contributed by atoms with Crippen LogP contribution in [0.2, 0.25) is 0 Å². The smallest absolute Gasteiger partial charge is 0.317 e. The van der Waals surface area contributed by atoms with Crippen LogP contribution >= 0.6 is 0 Å². The number of carboxylic acid groups (broad SMARTS) is 3. The summed E-state index contributed by atoms with van der Waals surface area (Å²) in [5.41, 5.74) is 0.866. The number of carboxylic acids is 3. The number of aliphatic carboxylic acids is 3. The lowest BCUT2D eigenvalue weighted by molar-refractivity contribution is -0.145. The van der Waals surface area contributed by atoms with Gasteiger partial charge in [-0.25, -0.2) is 0 Å². The summed E-state index contributed by atoms with van der Waals surface area (Å²) in [6.07, 6.45) is 0.468. The summed E-state index contributed by atoms with van der Waals surface area (Å²) in [5.74, 6) is -3.81. The monoisotopic (exact) mass is 410 g/mol. The van der Waals surface area contributed by atoms with Gasteiger partial charge in [-0.2, -0.15) is 0 Å². The van der Waals surface area contributed by atoms with Gasteiger partial charge in [-0.05, 0) is 18.5 Å². The third-order valence-corrected chi connectivity index (χ3v) is 3.91. The molecular weight excluding hydrogens is 384 g/mol. The van der Waals surface area contributed by atoms with Crippen LogP contribution in [0.15, 0.2) is 30.3 Å². The molecule has 0 aliphatic carbocycles. The Morgan fingerprint density at radius 3 is 1.83 bits per heavy atom. The number of rotatable bonds is 15. The lowest BCUT2D eigenvalue weighted by Crippen LogP contribution is -2.42. The first-order chi connectivity index (χ1) is 13.8. The van der Waals surface area contributed by atoms with E-state index in [0.717, 1.165) is 5.56 Å². The molecule has 0 radical (unpaired) electrons. The van der Waals surface area contributed by atoms with Gasteiger partial charge >= 0.3 is 23.9 Å². The average molecular weight is 410 g/mol. The number of esters is 1. The fraction of sp³-hybridized carbons (Fsp3) is 0.474. The molecule has 3 N–H and O–H groups in total. The van der Waals surface area contributed by atoms with Crippen molar-refractivity contribution < 1.29 is 39.2 Å². The average Bonchev–Trinajstić information content (AvgIpc) is 2.63. The molecule has 10 heteroatoms. The van der Waals surface area contributed by atoms with E-state index in [-0.39, 0.29) is 39.2 Å². The van der Waals surface area contributed by atoms with Crippen molar-refractivity contribution >= 4 is 23.9 Å². The molecule has 0 atom stereocenters. The molecule has 0 fully saturated rings.